The minimum Gasteiger partial charge on any atom is -0.482 e. The number of nitrogens with one attached hydrogen (secondary N) is 2. The highest BCUT2D eigenvalue weighted by molar-refractivity contribution is 6.35. The summed E-state index contributed by atoms with van der Waals surface area (Å²) in [6.07, 6.45) is 1.56. The van der Waals surface area contributed by atoms with Gasteiger partial charge in [-0.1, -0.05) is 44.0 Å². The van der Waals surface area contributed by atoms with Crippen molar-refractivity contribution in [3.63, 3.8) is 0 Å². The zero-order valence-corrected chi connectivity index (χ0v) is 16.1. The number of pyridine rings is 1. The van der Waals surface area contributed by atoms with Gasteiger partial charge in [-0.05, 0) is 30.3 Å². The van der Waals surface area contributed by atoms with Gasteiger partial charge >= 0.3 is 0 Å². The van der Waals surface area contributed by atoms with Crippen LogP contribution < -0.4 is 15.6 Å². The standard InChI is InChI=1S/C18H19Cl2N3O3/c1-18(2,3)15-8-11(6-7-21-15)17(25)23-22-16(24)10-26-14-5-4-12(19)9-13(14)20/h4-9H,10H2,1-3H3,(H,22,24)(H,23,25). The fourth-order valence-electron chi connectivity index (χ4n) is 1.95. The van der Waals surface area contributed by atoms with Crippen molar-refractivity contribution in [1.29, 1.82) is 0 Å². The van der Waals surface area contributed by atoms with Crippen LogP contribution in [0.1, 0.15) is 36.8 Å². The second kappa shape index (κ2) is 8.38. The third-order valence-corrected chi connectivity index (χ3v) is 3.89. The maximum absolute atomic E-state index is 12.2. The van der Waals surface area contributed by atoms with Crippen LogP contribution in [0.25, 0.3) is 0 Å². The van der Waals surface area contributed by atoms with E-state index in [0.717, 1.165) is 5.69 Å². The molecule has 1 heterocycles. The Morgan fingerprint density at radius 2 is 1.85 bits per heavy atom. The molecule has 2 amide bonds. The number of carbonyl (C=O) groups is 2. The van der Waals surface area contributed by atoms with Crippen molar-refractivity contribution in [3.8, 4) is 5.75 Å². The van der Waals surface area contributed by atoms with Crippen LogP contribution in [0, 0.1) is 0 Å². The maximum atomic E-state index is 12.2. The summed E-state index contributed by atoms with van der Waals surface area (Å²) >= 11 is 11.7. The molecule has 2 N–H and O–H groups in total. The first kappa shape index (κ1) is 20.0. The van der Waals surface area contributed by atoms with Gasteiger partial charge in [0, 0.05) is 27.9 Å². The number of hydrogen-bond donors (Lipinski definition) is 2. The van der Waals surface area contributed by atoms with Gasteiger partial charge in [-0.3, -0.25) is 25.4 Å². The molecule has 1 aromatic carbocycles. The minimum atomic E-state index is -0.533. The van der Waals surface area contributed by atoms with Gasteiger partial charge in [0.05, 0.1) is 5.02 Å². The SMILES string of the molecule is CC(C)(C)c1cc(C(=O)NNC(=O)COc2ccc(Cl)cc2Cl)ccn1. The molecule has 0 aliphatic heterocycles. The molecule has 0 spiro atoms. The number of carbonyl (C=O) groups excluding carboxylic acids is 2. The van der Waals surface area contributed by atoms with E-state index < -0.39 is 11.8 Å². The van der Waals surface area contributed by atoms with Gasteiger partial charge < -0.3 is 4.74 Å². The Morgan fingerprint density at radius 3 is 2.50 bits per heavy atom. The molecule has 138 valence electrons. The predicted molar refractivity (Wildman–Crippen MR) is 101 cm³/mol. The van der Waals surface area contributed by atoms with E-state index in [-0.39, 0.29) is 12.0 Å². The molecular formula is C18H19Cl2N3O3. The summed E-state index contributed by atoms with van der Waals surface area (Å²) in [6.45, 7) is 5.68. The molecule has 0 aliphatic rings. The molecule has 0 aliphatic carbocycles. The molecule has 0 saturated carbocycles. The number of hydrogen-bond acceptors (Lipinski definition) is 4. The number of rotatable bonds is 4. The summed E-state index contributed by atoms with van der Waals surface area (Å²) in [4.78, 5) is 28.2. The highest BCUT2D eigenvalue weighted by atomic mass is 35.5. The third kappa shape index (κ3) is 5.61. The average Bonchev–Trinajstić information content (AvgIpc) is 2.58. The van der Waals surface area contributed by atoms with E-state index in [9.17, 15) is 9.59 Å². The predicted octanol–water partition coefficient (Wildman–Crippen LogP) is 3.53. The summed E-state index contributed by atoms with van der Waals surface area (Å²) in [7, 11) is 0. The van der Waals surface area contributed by atoms with E-state index in [0.29, 0.717) is 21.4 Å². The molecule has 6 nitrogen and oxygen atoms in total. The second-order valence-corrected chi connectivity index (χ2v) is 7.39. The Hall–Kier alpha value is -2.31. The van der Waals surface area contributed by atoms with Gasteiger partial charge in [-0.15, -0.1) is 0 Å². The number of benzene rings is 1. The Labute approximate surface area is 161 Å². The highest BCUT2D eigenvalue weighted by Gasteiger charge is 2.17. The van der Waals surface area contributed by atoms with Gasteiger partial charge in [0.25, 0.3) is 11.8 Å². The first-order chi connectivity index (χ1) is 12.2. The Bertz CT molecular complexity index is 820. The minimum absolute atomic E-state index is 0.189. The molecule has 2 aromatic rings. The van der Waals surface area contributed by atoms with Gasteiger partial charge in [-0.25, -0.2) is 0 Å². The van der Waals surface area contributed by atoms with E-state index >= 15 is 0 Å². The summed E-state index contributed by atoms with van der Waals surface area (Å²) < 4.78 is 5.29. The average molecular weight is 396 g/mol. The van der Waals surface area contributed by atoms with Crippen molar-refractivity contribution in [1.82, 2.24) is 15.8 Å². The molecule has 0 saturated heterocycles. The largest absolute Gasteiger partial charge is 0.482 e. The molecule has 0 bridgehead atoms. The molecule has 0 radical (unpaired) electrons. The fourth-order valence-corrected chi connectivity index (χ4v) is 2.42. The zero-order valence-electron chi connectivity index (χ0n) is 14.6. The lowest BCUT2D eigenvalue weighted by Gasteiger charge is -2.18. The monoisotopic (exact) mass is 395 g/mol. The number of hydrazine groups is 1. The maximum Gasteiger partial charge on any atom is 0.276 e. The van der Waals surface area contributed by atoms with E-state index in [2.05, 4.69) is 15.8 Å². The van der Waals surface area contributed by atoms with E-state index in [1.54, 1.807) is 30.5 Å². The molecule has 1 aromatic heterocycles. The number of ether oxygens (including phenoxy) is 1. The zero-order chi connectivity index (χ0) is 19.3. The van der Waals surface area contributed by atoms with Crippen LogP contribution >= 0.6 is 23.2 Å². The van der Waals surface area contributed by atoms with Crippen LogP contribution in [0.15, 0.2) is 36.5 Å². The van der Waals surface area contributed by atoms with E-state index in [1.807, 2.05) is 20.8 Å². The fraction of sp³-hybridized carbons (Fsp3) is 0.278. The molecule has 2 rings (SSSR count). The van der Waals surface area contributed by atoms with Gasteiger partial charge in [0.15, 0.2) is 6.61 Å². The number of aromatic nitrogens is 1. The van der Waals surface area contributed by atoms with Gasteiger partial charge in [0.2, 0.25) is 0 Å². The van der Waals surface area contributed by atoms with Gasteiger partial charge in [0.1, 0.15) is 5.75 Å². The number of nitrogens with zero attached hydrogens (tertiary/aromatic N) is 1. The molecule has 26 heavy (non-hydrogen) atoms. The summed E-state index contributed by atoms with van der Waals surface area (Å²) in [5, 5.41) is 0.756. The molecule has 8 heteroatoms. The van der Waals surface area contributed by atoms with Crippen LogP contribution in [0.2, 0.25) is 10.0 Å². The Balaban J connectivity index is 1.88. The molecular weight excluding hydrogens is 377 g/mol. The Morgan fingerprint density at radius 1 is 1.12 bits per heavy atom. The number of halogens is 2. The lowest BCUT2D eigenvalue weighted by molar-refractivity contribution is -0.123. The second-order valence-electron chi connectivity index (χ2n) is 6.55. The van der Waals surface area contributed by atoms with Crippen LogP contribution in [-0.4, -0.2) is 23.4 Å². The van der Waals surface area contributed by atoms with Crippen LogP contribution in [0.3, 0.4) is 0 Å². The van der Waals surface area contributed by atoms with Crippen LogP contribution in [0.5, 0.6) is 5.75 Å². The van der Waals surface area contributed by atoms with E-state index in [4.69, 9.17) is 27.9 Å². The lowest BCUT2D eigenvalue weighted by atomic mass is 9.91. The number of amides is 2. The topological polar surface area (TPSA) is 80.3 Å². The first-order valence-corrected chi connectivity index (χ1v) is 8.56. The van der Waals surface area contributed by atoms with E-state index in [1.165, 1.54) is 6.07 Å². The lowest BCUT2D eigenvalue weighted by Crippen LogP contribution is -2.43. The normalized spacial score (nSPS) is 11.0. The van der Waals surface area contributed by atoms with Crippen LogP contribution in [-0.2, 0) is 10.2 Å². The van der Waals surface area contributed by atoms with Gasteiger partial charge in [-0.2, -0.15) is 0 Å². The Kier molecular flexibility index (Phi) is 6.45. The smallest absolute Gasteiger partial charge is 0.276 e. The van der Waals surface area contributed by atoms with Crippen molar-refractivity contribution in [2.75, 3.05) is 6.61 Å². The first-order valence-electron chi connectivity index (χ1n) is 7.80. The summed E-state index contributed by atoms with van der Waals surface area (Å²) in [5.41, 5.74) is 5.61. The van der Waals surface area contributed by atoms with Crippen molar-refractivity contribution in [3.05, 3.63) is 57.8 Å². The molecule has 0 fully saturated rings. The van der Waals surface area contributed by atoms with Crippen LogP contribution in [0.4, 0.5) is 0 Å². The third-order valence-electron chi connectivity index (χ3n) is 3.36. The quantitative estimate of drug-likeness (QED) is 0.775. The summed E-state index contributed by atoms with van der Waals surface area (Å²) in [5.74, 6) is -0.660. The molecule has 0 atom stereocenters. The van der Waals surface area contributed by atoms with Crippen molar-refractivity contribution >= 4 is 35.0 Å². The molecule has 0 unspecified atom stereocenters. The van der Waals surface area contributed by atoms with Crippen molar-refractivity contribution < 1.29 is 14.3 Å². The van der Waals surface area contributed by atoms with Crippen molar-refractivity contribution in [2.45, 2.75) is 26.2 Å². The van der Waals surface area contributed by atoms with Crippen molar-refractivity contribution in [2.24, 2.45) is 0 Å². The summed E-state index contributed by atoms with van der Waals surface area (Å²) in [6, 6.07) is 7.92. The highest BCUT2D eigenvalue weighted by Crippen LogP contribution is 2.27.